The molecule has 1 unspecified atom stereocenters. The van der Waals surface area contributed by atoms with E-state index in [9.17, 15) is 18.8 Å². The predicted molar refractivity (Wildman–Crippen MR) is 119 cm³/mol. The van der Waals surface area contributed by atoms with Crippen LogP contribution in [-0.2, 0) is 4.79 Å². The molecule has 0 bridgehead atoms. The van der Waals surface area contributed by atoms with Crippen LogP contribution < -0.4 is 10.9 Å². The zero-order valence-electron chi connectivity index (χ0n) is 16.8. The summed E-state index contributed by atoms with van der Waals surface area (Å²) in [6.45, 7) is 3.08. The molecule has 0 aliphatic rings. The Morgan fingerprint density at radius 3 is 2.42 bits per heavy atom. The first kappa shape index (κ1) is 20.6. The quantitative estimate of drug-likeness (QED) is 0.462. The lowest BCUT2D eigenvalue weighted by molar-refractivity contribution is -0.118. The lowest BCUT2D eigenvalue weighted by atomic mass is 10.1. The molecule has 4 rings (SSSR count). The van der Waals surface area contributed by atoms with E-state index in [1.54, 1.807) is 48.7 Å². The summed E-state index contributed by atoms with van der Waals surface area (Å²) < 4.78 is 14.6. The van der Waals surface area contributed by atoms with Crippen LogP contribution in [0.2, 0.25) is 0 Å². The second-order valence-corrected chi connectivity index (χ2v) is 7.95. The number of anilines is 1. The molecule has 4 aromatic rings. The summed E-state index contributed by atoms with van der Waals surface area (Å²) in [5.74, 6) is -0.817. The van der Waals surface area contributed by atoms with E-state index in [0.717, 1.165) is 0 Å². The van der Waals surface area contributed by atoms with Crippen LogP contribution in [0.3, 0.4) is 0 Å². The van der Waals surface area contributed by atoms with Gasteiger partial charge in [0.1, 0.15) is 16.7 Å². The van der Waals surface area contributed by atoms with Crippen molar-refractivity contribution in [3.63, 3.8) is 0 Å². The Morgan fingerprint density at radius 2 is 1.77 bits per heavy atom. The minimum atomic E-state index is -0.821. The monoisotopic (exact) mass is 435 g/mol. The van der Waals surface area contributed by atoms with Crippen LogP contribution in [-0.4, -0.2) is 21.2 Å². The fourth-order valence-corrected chi connectivity index (χ4v) is 4.13. The highest BCUT2D eigenvalue weighted by atomic mass is 32.1. The lowest BCUT2D eigenvalue weighted by Crippen LogP contribution is -2.31. The molecule has 0 fully saturated rings. The van der Waals surface area contributed by atoms with Gasteiger partial charge in [0.2, 0.25) is 5.91 Å². The van der Waals surface area contributed by atoms with E-state index in [1.807, 2.05) is 0 Å². The van der Waals surface area contributed by atoms with E-state index in [4.69, 9.17) is 0 Å². The Kier molecular flexibility index (Phi) is 5.48. The van der Waals surface area contributed by atoms with Gasteiger partial charge in [0.25, 0.3) is 5.56 Å². The van der Waals surface area contributed by atoms with Gasteiger partial charge in [-0.1, -0.05) is 12.1 Å². The first-order valence-electron chi connectivity index (χ1n) is 9.51. The highest BCUT2D eigenvalue weighted by molar-refractivity contribution is 7.17. The van der Waals surface area contributed by atoms with E-state index in [-0.39, 0.29) is 17.2 Å². The van der Waals surface area contributed by atoms with Crippen molar-refractivity contribution in [1.82, 2.24) is 9.55 Å². The van der Waals surface area contributed by atoms with Crippen LogP contribution in [0.5, 0.6) is 0 Å². The smallest absolute Gasteiger partial charge is 0.263 e. The van der Waals surface area contributed by atoms with Gasteiger partial charge in [-0.2, -0.15) is 0 Å². The summed E-state index contributed by atoms with van der Waals surface area (Å²) in [5.41, 5.74) is 2.07. The third-order valence-corrected chi connectivity index (χ3v) is 5.92. The van der Waals surface area contributed by atoms with Crippen molar-refractivity contribution < 1.29 is 14.0 Å². The van der Waals surface area contributed by atoms with Crippen LogP contribution in [0.4, 0.5) is 10.1 Å². The normalized spacial score (nSPS) is 12.0. The van der Waals surface area contributed by atoms with Crippen LogP contribution in [0, 0.1) is 5.82 Å². The van der Waals surface area contributed by atoms with Crippen LogP contribution in [0.25, 0.3) is 21.3 Å². The number of ketones is 1. The minimum absolute atomic E-state index is 0.0649. The summed E-state index contributed by atoms with van der Waals surface area (Å²) in [7, 11) is 0. The molecule has 156 valence electrons. The average molecular weight is 435 g/mol. The molecular weight excluding hydrogens is 417 g/mol. The van der Waals surface area contributed by atoms with E-state index in [1.165, 1.54) is 41.3 Å². The number of halogens is 1. The molecule has 1 atom stereocenters. The molecule has 1 N–H and O–H groups in total. The largest absolute Gasteiger partial charge is 0.324 e. The molecule has 0 radical (unpaired) electrons. The van der Waals surface area contributed by atoms with Crippen molar-refractivity contribution in [2.45, 2.75) is 19.9 Å². The Bertz CT molecular complexity index is 1340. The third kappa shape index (κ3) is 4.02. The first-order valence-corrected chi connectivity index (χ1v) is 10.4. The molecule has 31 heavy (non-hydrogen) atoms. The zero-order valence-corrected chi connectivity index (χ0v) is 17.6. The minimum Gasteiger partial charge on any atom is -0.324 e. The maximum absolute atomic E-state index is 13.3. The van der Waals surface area contributed by atoms with E-state index < -0.39 is 11.9 Å². The maximum atomic E-state index is 13.3. The SMILES string of the molecule is CC(=O)c1ccc(NC(=O)C(C)n2cnc3scc(-c4ccc(F)cc4)c3c2=O)cc1. The number of carbonyl (C=O) groups excluding carboxylic acids is 2. The number of aromatic nitrogens is 2. The topological polar surface area (TPSA) is 81.1 Å². The van der Waals surface area contributed by atoms with Crippen molar-refractivity contribution in [3.05, 3.63) is 82.0 Å². The van der Waals surface area contributed by atoms with Gasteiger partial charge in [-0.05, 0) is 55.8 Å². The van der Waals surface area contributed by atoms with Crippen molar-refractivity contribution in [2.24, 2.45) is 0 Å². The maximum Gasteiger partial charge on any atom is 0.263 e. The van der Waals surface area contributed by atoms with Gasteiger partial charge in [-0.25, -0.2) is 9.37 Å². The van der Waals surface area contributed by atoms with Crippen LogP contribution >= 0.6 is 11.3 Å². The molecular formula is C23H18FN3O3S. The fraction of sp³-hybridized carbons (Fsp3) is 0.130. The van der Waals surface area contributed by atoms with E-state index in [2.05, 4.69) is 10.3 Å². The molecule has 1 amide bonds. The Morgan fingerprint density at radius 1 is 1.10 bits per heavy atom. The van der Waals surface area contributed by atoms with Crippen molar-refractivity contribution >= 4 is 38.9 Å². The number of amides is 1. The van der Waals surface area contributed by atoms with Gasteiger partial charge in [-0.3, -0.25) is 19.0 Å². The average Bonchev–Trinajstić information content (AvgIpc) is 3.19. The molecule has 0 aliphatic carbocycles. The van der Waals surface area contributed by atoms with Gasteiger partial charge in [0, 0.05) is 22.2 Å². The van der Waals surface area contributed by atoms with Crippen molar-refractivity contribution in [2.75, 3.05) is 5.32 Å². The van der Waals surface area contributed by atoms with Gasteiger partial charge in [0.05, 0.1) is 11.7 Å². The number of thiophene rings is 1. The zero-order chi connectivity index (χ0) is 22.1. The second-order valence-electron chi connectivity index (χ2n) is 7.09. The highest BCUT2D eigenvalue weighted by Gasteiger charge is 2.20. The number of rotatable bonds is 5. The third-order valence-electron chi connectivity index (χ3n) is 5.03. The van der Waals surface area contributed by atoms with Crippen molar-refractivity contribution in [1.29, 1.82) is 0 Å². The number of carbonyl (C=O) groups is 2. The number of hydrogen-bond acceptors (Lipinski definition) is 5. The molecule has 2 aromatic carbocycles. The number of nitrogens with one attached hydrogen (secondary N) is 1. The van der Waals surface area contributed by atoms with Gasteiger partial charge in [-0.15, -0.1) is 11.3 Å². The highest BCUT2D eigenvalue weighted by Crippen LogP contribution is 2.31. The number of Topliss-reactive ketones (excluding diaryl/α,β-unsaturated/α-hetero) is 1. The Hall–Kier alpha value is -3.65. The lowest BCUT2D eigenvalue weighted by Gasteiger charge is -2.15. The molecule has 6 nitrogen and oxygen atoms in total. The van der Waals surface area contributed by atoms with Gasteiger partial charge < -0.3 is 5.32 Å². The van der Waals surface area contributed by atoms with E-state index >= 15 is 0 Å². The van der Waals surface area contributed by atoms with Gasteiger partial charge >= 0.3 is 0 Å². The number of hydrogen-bond donors (Lipinski definition) is 1. The Labute approximate surface area is 181 Å². The number of benzene rings is 2. The van der Waals surface area contributed by atoms with Crippen LogP contribution in [0.1, 0.15) is 30.2 Å². The van der Waals surface area contributed by atoms with Gasteiger partial charge in [0.15, 0.2) is 5.78 Å². The van der Waals surface area contributed by atoms with Crippen LogP contribution in [0.15, 0.2) is 65.0 Å². The second kappa shape index (κ2) is 8.23. The fourth-order valence-electron chi connectivity index (χ4n) is 3.22. The van der Waals surface area contributed by atoms with Crippen molar-refractivity contribution in [3.8, 4) is 11.1 Å². The Balaban J connectivity index is 1.65. The standard InChI is InChI=1S/C23H18FN3O3S/c1-13(21(29)26-18-9-5-15(6-10-18)14(2)28)27-12-25-22-20(23(27)30)19(11-31-22)16-3-7-17(24)8-4-16/h3-13H,1-2H3,(H,26,29). The summed E-state index contributed by atoms with van der Waals surface area (Å²) >= 11 is 1.32. The molecule has 0 aliphatic heterocycles. The molecule has 0 spiro atoms. The van der Waals surface area contributed by atoms with E-state index in [0.29, 0.717) is 32.6 Å². The predicted octanol–water partition coefficient (Wildman–Crippen LogP) is 4.67. The first-order chi connectivity index (χ1) is 14.8. The summed E-state index contributed by atoms with van der Waals surface area (Å²) in [6.07, 6.45) is 1.36. The summed E-state index contributed by atoms with van der Waals surface area (Å²) in [6, 6.07) is 11.6. The summed E-state index contributed by atoms with van der Waals surface area (Å²) in [4.78, 5) is 42.2. The molecule has 0 saturated carbocycles. The molecule has 8 heteroatoms. The molecule has 2 aromatic heterocycles. The number of fused-ring (bicyclic) bond motifs is 1. The molecule has 0 saturated heterocycles. The summed E-state index contributed by atoms with van der Waals surface area (Å²) in [5, 5.41) is 4.95. The molecule has 2 heterocycles. The number of nitrogens with zero attached hydrogens (tertiary/aromatic N) is 2.